The highest BCUT2D eigenvalue weighted by Crippen LogP contribution is 2.39. The Hall–Kier alpha value is -0.930. The average molecular weight is 197 g/mol. The van der Waals surface area contributed by atoms with Gasteiger partial charge in [0.2, 0.25) is 0 Å². The quantitative estimate of drug-likeness (QED) is 0.585. The summed E-state index contributed by atoms with van der Waals surface area (Å²) in [6.07, 6.45) is 1.84. The van der Waals surface area contributed by atoms with Gasteiger partial charge in [0.15, 0.2) is 12.0 Å². The molecule has 0 N–H and O–H groups in total. The van der Waals surface area contributed by atoms with Crippen LogP contribution in [0.1, 0.15) is 5.69 Å². The predicted molar refractivity (Wildman–Crippen MR) is 55.8 cm³/mol. The summed E-state index contributed by atoms with van der Waals surface area (Å²) in [7, 11) is 4.05. The Morgan fingerprint density at radius 2 is 2.08 bits per heavy atom. The maximum absolute atomic E-state index is 6.04. The molecule has 0 spiro atoms. The summed E-state index contributed by atoms with van der Waals surface area (Å²) in [5.41, 5.74) is 1.73. The third kappa shape index (κ3) is 1.24. The lowest BCUT2D eigenvalue weighted by atomic mass is 10.3. The third-order valence-electron chi connectivity index (χ3n) is 2.08. The molecule has 0 aliphatic carbocycles. The van der Waals surface area contributed by atoms with E-state index in [2.05, 4.69) is 9.98 Å². The summed E-state index contributed by atoms with van der Waals surface area (Å²) in [6, 6.07) is 1.84. The van der Waals surface area contributed by atoms with Gasteiger partial charge in [-0.3, -0.25) is 0 Å². The number of rotatable bonds is 0. The number of pyridine rings is 1. The fourth-order valence-electron chi connectivity index (χ4n) is 1.39. The number of aliphatic imine (C=N–C) groups is 1. The molecule has 0 bridgehead atoms. The van der Waals surface area contributed by atoms with Crippen LogP contribution in [0, 0.1) is 6.92 Å². The number of aryl methyl sites for hydroxylation is 1. The summed E-state index contributed by atoms with van der Waals surface area (Å²) in [4.78, 5) is 8.68. The third-order valence-corrected chi connectivity index (χ3v) is 2.37. The molecule has 1 aromatic heterocycles. The van der Waals surface area contributed by atoms with E-state index in [1.807, 2.05) is 33.4 Å². The molecule has 2 heterocycles. The summed E-state index contributed by atoms with van der Waals surface area (Å²) in [5.74, 6) is 0.921. The van der Waals surface area contributed by atoms with Gasteiger partial charge >= 0.3 is 0 Å². The lowest BCUT2D eigenvalue weighted by molar-refractivity contribution is 0.606. The van der Waals surface area contributed by atoms with Crippen LogP contribution in [0.25, 0.3) is 0 Å². The molecule has 0 unspecified atom stereocenters. The Bertz CT molecular complexity index is 396. The number of fused-ring (bicyclic) bond motifs is 1. The van der Waals surface area contributed by atoms with Crippen molar-refractivity contribution >= 4 is 29.4 Å². The van der Waals surface area contributed by atoms with Gasteiger partial charge < -0.3 is 0 Å². The van der Waals surface area contributed by atoms with Gasteiger partial charge in [-0.2, -0.15) is 9.98 Å². The van der Waals surface area contributed by atoms with Gasteiger partial charge in [0, 0.05) is 5.69 Å². The van der Waals surface area contributed by atoms with Gasteiger partial charge in [-0.15, -0.1) is 0 Å². The Morgan fingerprint density at radius 1 is 1.38 bits per heavy atom. The molecule has 1 aliphatic heterocycles. The van der Waals surface area contributed by atoms with E-state index < -0.39 is 0 Å². The lowest BCUT2D eigenvalue weighted by Crippen LogP contribution is -2.37. The molecule has 1 aromatic rings. The first-order valence-corrected chi connectivity index (χ1v) is 4.45. The maximum Gasteiger partial charge on any atom is 0.261 e. The number of hydrogen-bond donors (Lipinski definition) is 0. The molecular formula is C9H11ClN3+. The molecule has 4 heteroatoms. The first-order valence-electron chi connectivity index (χ1n) is 4.07. The monoisotopic (exact) mass is 196 g/mol. The summed E-state index contributed by atoms with van der Waals surface area (Å²) in [5, 5.41) is 0.683. The van der Waals surface area contributed by atoms with Crippen molar-refractivity contribution in [2.75, 3.05) is 14.1 Å². The highest BCUT2D eigenvalue weighted by molar-refractivity contribution is 6.34. The molecule has 68 valence electrons. The van der Waals surface area contributed by atoms with Crippen molar-refractivity contribution in [1.82, 2.24) is 9.47 Å². The predicted octanol–water partition coefficient (Wildman–Crippen LogP) is 2.28. The number of halogens is 1. The zero-order chi connectivity index (χ0) is 9.64. The topological polar surface area (TPSA) is 25.2 Å². The Kier molecular flexibility index (Phi) is 1.68. The zero-order valence-electron chi connectivity index (χ0n) is 7.87. The van der Waals surface area contributed by atoms with Crippen LogP contribution in [0.15, 0.2) is 11.1 Å². The van der Waals surface area contributed by atoms with Crippen molar-refractivity contribution in [1.29, 1.82) is 0 Å². The Labute approximate surface area is 82.3 Å². The van der Waals surface area contributed by atoms with Gasteiger partial charge in [0.25, 0.3) is 5.82 Å². The van der Waals surface area contributed by atoms with Crippen molar-refractivity contribution in [2.45, 2.75) is 6.92 Å². The fraction of sp³-hybridized carbons (Fsp3) is 0.333. The molecular weight excluding hydrogens is 186 g/mol. The van der Waals surface area contributed by atoms with Crippen LogP contribution in [0.4, 0.5) is 11.5 Å². The Morgan fingerprint density at radius 3 is 2.77 bits per heavy atom. The van der Waals surface area contributed by atoms with Crippen LogP contribution in [-0.4, -0.2) is 25.4 Å². The number of nitrogens with zero attached hydrogens (tertiary/aromatic N) is 3. The lowest BCUT2D eigenvalue weighted by Gasteiger charge is -2.17. The standard InChI is InChI=1S/C9H11ClN3/c1-6-4-7(10)8-9(12-6)13(2,3)5-11-8/h4-5H,1-3H3/q+1. The van der Waals surface area contributed by atoms with Gasteiger partial charge in [0.1, 0.15) is 0 Å². The minimum absolute atomic E-state index is 0.566. The highest BCUT2D eigenvalue weighted by Gasteiger charge is 2.30. The summed E-state index contributed by atoms with van der Waals surface area (Å²) in [6.45, 7) is 1.94. The van der Waals surface area contributed by atoms with Crippen molar-refractivity contribution in [3.63, 3.8) is 0 Å². The van der Waals surface area contributed by atoms with E-state index >= 15 is 0 Å². The second-order valence-electron chi connectivity index (χ2n) is 3.70. The van der Waals surface area contributed by atoms with Crippen LogP contribution in [-0.2, 0) is 0 Å². The van der Waals surface area contributed by atoms with Crippen LogP contribution < -0.4 is 4.48 Å². The van der Waals surface area contributed by atoms with Gasteiger partial charge in [-0.1, -0.05) is 11.6 Å². The molecule has 3 nitrogen and oxygen atoms in total. The molecule has 0 radical (unpaired) electrons. The molecule has 13 heavy (non-hydrogen) atoms. The smallest absolute Gasteiger partial charge is 0.235 e. The largest absolute Gasteiger partial charge is 0.261 e. The van der Waals surface area contributed by atoms with Gasteiger partial charge in [-0.25, -0.2) is 4.48 Å². The SMILES string of the molecule is Cc1cc(Cl)c2c(n1)[N+](C)(C)C=N2. The number of aromatic nitrogens is 1. The van der Waals surface area contributed by atoms with Crippen molar-refractivity contribution in [2.24, 2.45) is 4.99 Å². The van der Waals surface area contributed by atoms with E-state index in [1.54, 1.807) is 0 Å². The molecule has 2 rings (SSSR count). The van der Waals surface area contributed by atoms with E-state index in [0.717, 1.165) is 17.2 Å². The molecule has 0 fully saturated rings. The van der Waals surface area contributed by atoms with Gasteiger partial charge in [0.05, 0.1) is 19.1 Å². The number of quaternary nitrogens is 1. The molecule has 0 saturated heterocycles. The first kappa shape index (κ1) is 8.66. The fourth-order valence-corrected chi connectivity index (χ4v) is 1.68. The van der Waals surface area contributed by atoms with Crippen LogP contribution >= 0.6 is 11.6 Å². The zero-order valence-corrected chi connectivity index (χ0v) is 8.63. The van der Waals surface area contributed by atoms with Crippen molar-refractivity contribution < 1.29 is 0 Å². The molecule has 0 saturated carbocycles. The second kappa shape index (κ2) is 2.53. The van der Waals surface area contributed by atoms with Crippen molar-refractivity contribution in [3.8, 4) is 0 Å². The van der Waals surface area contributed by atoms with Crippen molar-refractivity contribution in [3.05, 3.63) is 16.8 Å². The highest BCUT2D eigenvalue weighted by atomic mass is 35.5. The first-order chi connectivity index (χ1) is 6.00. The van der Waals surface area contributed by atoms with Crippen LogP contribution in [0.3, 0.4) is 0 Å². The normalized spacial score (nSPS) is 17.5. The molecule has 1 aliphatic rings. The number of hydrogen-bond acceptors (Lipinski definition) is 2. The van der Waals surface area contributed by atoms with Gasteiger partial charge in [-0.05, 0) is 13.0 Å². The van der Waals surface area contributed by atoms with E-state index in [0.29, 0.717) is 9.51 Å². The minimum atomic E-state index is 0.566. The molecule has 0 aromatic carbocycles. The summed E-state index contributed by atoms with van der Waals surface area (Å²) >= 11 is 6.04. The molecule has 0 atom stereocenters. The second-order valence-corrected chi connectivity index (χ2v) is 4.11. The van der Waals surface area contributed by atoms with Crippen LogP contribution in [0.2, 0.25) is 5.02 Å². The Balaban J connectivity index is 2.71. The van der Waals surface area contributed by atoms with Crippen LogP contribution in [0.5, 0.6) is 0 Å². The van der Waals surface area contributed by atoms with E-state index in [1.165, 1.54) is 0 Å². The molecule has 0 amide bonds. The van der Waals surface area contributed by atoms with E-state index in [-0.39, 0.29) is 0 Å². The maximum atomic E-state index is 6.04. The average Bonchev–Trinajstić information content (AvgIpc) is 2.28. The summed E-state index contributed by atoms with van der Waals surface area (Å²) < 4.78 is 0.566. The van der Waals surface area contributed by atoms with E-state index in [9.17, 15) is 0 Å². The van der Waals surface area contributed by atoms with E-state index in [4.69, 9.17) is 11.6 Å². The minimum Gasteiger partial charge on any atom is -0.235 e.